The van der Waals surface area contributed by atoms with E-state index < -0.39 is 0 Å². The molecule has 3 nitrogen and oxygen atoms in total. The lowest BCUT2D eigenvalue weighted by Crippen LogP contribution is -2.33. The van der Waals surface area contributed by atoms with Crippen molar-refractivity contribution in [2.45, 2.75) is 26.8 Å². The van der Waals surface area contributed by atoms with Crippen LogP contribution in [0.1, 0.15) is 25.0 Å². The summed E-state index contributed by atoms with van der Waals surface area (Å²) >= 11 is 0. The molecule has 0 atom stereocenters. The lowest BCUT2D eigenvalue weighted by atomic mass is 10.0. The Bertz CT molecular complexity index is 267. The minimum absolute atomic E-state index is 0.633. The number of hydrazine groups is 1. The fraction of sp³-hybridized carbons (Fsp3) is 0.500. The van der Waals surface area contributed by atoms with Gasteiger partial charge in [0.2, 0.25) is 0 Å². The maximum absolute atomic E-state index is 5.16. The summed E-state index contributed by atoms with van der Waals surface area (Å²) in [6.07, 6.45) is 1.15. The fourth-order valence-corrected chi connectivity index (χ4v) is 1.54. The summed E-state index contributed by atoms with van der Waals surface area (Å²) < 4.78 is 0. The van der Waals surface area contributed by atoms with Crippen molar-refractivity contribution in [3.8, 4) is 0 Å². The molecule has 84 valence electrons. The number of benzene rings is 1. The van der Waals surface area contributed by atoms with Crippen molar-refractivity contribution < 1.29 is 0 Å². The van der Waals surface area contributed by atoms with Crippen LogP contribution >= 0.6 is 0 Å². The van der Waals surface area contributed by atoms with Crippen molar-refractivity contribution in [3.63, 3.8) is 0 Å². The first kappa shape index (κ1) is 12.2. The van der Waals surface area contributed by atoms with E-state index in [1.54, 1.807) is 0 Å². The van der Waals surface area contributed by atoms with Crippen LogP contribution in [0.4, 0.5) is 0 Å². The zero-order valence-corrected chi connectivity index (χ0v) is 9.59. The van der Waals surface area contributed by atoms with Crippen LogP contribution in [0.2, 0.25) is 0 Å². The first-order valence-corrected chi connectivity index (χ1v) is 5.44. The molecule has 4 N–H and O–H groups in total. The van der Waals surface area contributed by atoms with Crippen LogP contribution in [0.25, 0.3) is 0 Å². The highest BCUT2D eigenvalue weighted by atomic mass is 15.3. The maximum Gasteiger partial charge on any atom is 0.0590 e. The molecule has 0 radical (unpaired) electrons. The van der Waals surface area contributed by atoms with Gasteiger partial charge in [0.15, 0.2) is 0 Å². The van der Waals surface area contributed by atoms with Crippen molar-refractivity contribution >= 4 is 0 Å². The van der Waals surface area contributed by atoms with Gasteiger partial charge in [0.1, 0.15) is 0 Å². The molecule has 3 heteroatoms. The normalized spacial score (nSPS) is 10.9. The Hall–Kier alpha value is -0.900. The molecular weight excluding hydrogens is 186 g/mol. The maximum atomic E-state index is 5.16. The molecule has 0 fully saturated rings. The Morgan fingerprint density at radius 1 is 1.13 bits per heavy atom. The highest BCUT2D eigenvalue weighted by Crippen LogP contribution is 2.09. The molecule has 15 heavy (non-hydrogen) atoms. The van der Waals surface area contributed by atoms with Crippen LogP contribution < -0.4 is 16.6 Å². The standard InChI is InChI=1S/C12H21N3/c1-10(2)7-11-3-5-12(6-4-11)8-14-9-15-13/h3-6,10,14-15H,7-9,13H2,1-2H3. The largest absolute Gasteiger partial charge is 0.299 e. The average Bonchev–Trinajstić information content (AvgIpc) is 2.20. The first-order valence-electron chi connectivity index (χ1n) is 5.44. The molecule has 0 spiro atoms. The van der Waals surface area contributed by atoms with Gasteiger partial charge in [0.25, 0.3) is 0 Å². The van der Waals surface area contributed by atoms with E-state index >= 15 is 0 Å². The van der Waals surface area contributed by atoms with E-state index in [9.17, 15) is 0 Å². The van der Waals surface area contributed by atoms with Gasteiger partial charge in [0.05, 0.1) is 6.67 Å². The van der Waals surface area contributed by atoms with Gasteiger partial charge in [-0.2, -0.15) is 0 Å². The van der Waals surface area contributed by atoms with Crippen LogP contribution in [0.5, 0.6) is 0 Å². The molecule has 0 amide bonds. The quantitative estimate of drug-likeness (QED) is 0.286. The summed E-state index contributed by atoms with van der Waals surface area (Å²) in [6.45, 7) is 5.96. The molecule has 1 rings (SSSR count). The zero-order chi connectivity index (χ0) is 11.1. The number of hydrogen-bond acceptors (Lipinski definition) is 3. The van der Waals surface area contributed by atoms with E-state index in [1.807, 2.05) is 0 Å². The van der Waals surface area contributed by atoms with Gasteiger partial charge in [-0.05, 0) is 23.5 Å². The molecule has 0 aliphatic carbocycles. The summed E-state index contributed by atoms with van der Waals surface area (Å²) in [5, 5.41) is 3.18. The molecule has 0 bridgehead atoms. The summed E-state index contributed by atoms with van der Waals surface area (Å²) in [6, 6.07) is 8.74. The van der Waals surface area contributed by atoms with Crippen LogP contribution in [-0.2, 0) is 13.0 Å². The minimum Gasteiger partial charge on any atom is -0.299 e. The second kappa shape index (κ2) is 6.56. The third kappa shape index (κ3) is 4.93. The predicted molar refractivity (Wildman–Crippen MR) is 64.0 cm³/mol. The molecular formula is C12H21N3. The Morgan fingerprint density at radius 3 is 2.27 bits per heavy atom. The lowest BCUT2D eigenvalue weighted by Gasteiger charge is -2.07. The zero-order valence-electron chi connectivity index (χ0n) is 9.59. The topological polar surface area (TPSA) is 50.1 Å². The molecule has 0 unspecified atom stereocenters. The van der Waals surface area contributed by atoms with Gasteiger partial charge in [-0.25, -0.2) is 5.43 Å². The van der Waals surface area contributed by atoms with Crippen molar-refractivity contribution in [2.75, 3.05) is 6.67 Å². The van der Waals surface area contributed by atoms with Crippen LogP contribution in [0.15, 0.2) is 24.3 Å². The number of hydrogen-bond donors (Lipinski definition) is 3. The number of rotatable bonds is 6. The highest BCUT2D eigenvalue weighted by molar-refractivity contribution is 5.22. The number of nitrogens with two attached hydrogens (primary N) is 1. The van der Waals surface area contributed by atoms with Crippen molar-refractivity contribution in [1.82, 2.24) is 10.7 Å². The van der Waals surface area contributed by atoms with Gasteiger partial charge >= 0.3 is 0 Å². The summed E-state index contributed by atoms with van der Waals surface area (Å²) in [4.78, 5) is 0. The fourth-order valence-electron chi connectivity index (χ4n) is 1.54. The average molecular weight is 207 g/mol. The van der Waals surface area contributed by atoms with Gasteiger partial charge in [-0.15, -0.1) is 0 Å². The first-order chi connectivity index (χ1) is 7.22. The second-order valence-electron chi connectivity index (χ2n) is 4.22. The van der Waals surface area contributed by atoms with E-state index in [4.69, 9.17) is 5.84 Å². The van der Waals surface area contributed by atoms with Crippen molar-refractivity contribution in [1.29, 1.82) is 0 Å². The van der Waals surface area contributed by atoms with E-state index in [-0.39, 0.29) is 0 Å². The Labute approximate surface area is 92.0 Å². The van der Waals surface area contributed by atoms with Gasteiger partial charge in [-0.3, -0.25) is 11.2 Å². The Balaban J connectivity index is 2.42. The summed E-state index contributed by atoms with van der Waals surface area (Å²) in [7, 11) is 0. The van der Waals surface area contributed by atoms with E-state index in [1.165, 1.54) is 11.1 Å². The third-order valence-corrected chi connectivity index (χ3v) is 2.22. The second-order valence-corrected chi connectivity index (χ2v) is 4.22. The molecule has 0 saturated heterocycles. The summed E-state index contributed by atoms with van der Waals surface area (Å²) in [5.41, 5.74) is 5.26. The monoisotopic (exact) mass is 207 g/mol. The van der Waals surface area contributed by atoms with Crippen molar-refractivity contribution in [2.24, 2.45) is 11.8 Å². The predicted octanol–water partition coefficient (Wildman–Crippen LogP) is 1.40. The summed E-state index contributed by atoms with van der Waals surface area (Å²) in [5.74, 6) is 5.88. The van der Waals surface area contributed by atoms with Crippen molar-refractivity contribution in [3.05, 3.63) is 35.4 Å². The lowest BCUT2D eigenvalue weighted by molar-refractivity contribution is 0.600. The van der Waals surface area contributed by atoms with Gasteiger partial charge in [0, 0.05) is 6.54 Å². The molecule has 0 saturated carbocycles. The van der Waals surface area contributed by atoms with Gasteiger partial charge < -0.3 is 0 Å². The van der Waals surface area contributed by atoms with Crippen LogP contribution in [0.3, 0.4) is 0 Å². The number of nitrogens with one attached hydrogen (secondary N) is 2. The third-order valence-electron chi connectivity index (χ3n) is 2.22. The molecule has 0 aromatic heterocycles. The SMILES string of the molecule is CC(C)Cc1ccc(CNCNN)cc1. The van der Waals surface area contributed by atoms with Crippen LogP contribution in [-0.4, -0.2) is 6.67 Å². The molecule has 0 heterocycles. The van der Waals surface area contributed by atoms with Crippen LogP contribution in [0, 0.1) is 5.92 Å². The molecule has 1 aromatic carbocycles. The minimum atomic E-state index is 0.633. The van der Waals surface area contributed by atoms with Gasteiger partial charge in [-0.1, -0.05) is 38.1 Å². The molecule has 0 aliphatic rings. The molecule has 0 aliphatic heterocycles. The van der Waals surface area contributed by atoms with E-state index in [0.717, 1.165) is 18.9 Å². The Morgan fingerprint density at radius 2 is 1.73 bits per heavy atom. The smallest absolute Gasteiger partial charge is 0.0590 e. The highest BCUT2D eigenvalue weighted by Gasteiger charge is 1.97. The van der Waals surface area contributed by atoms with E-state index in [0.29, 0.717) is 6.67 Å². The Kier molecular flexibility index (Phi) is 5.32. The van der Waals surface area contributed by atoms with E-state index in [2.05, 4.69) is 48.9 Å². The molecule has 1 aromatic rings.